The number of hydrogen-bond acceptors (Lipinski definition) is 6. The topological polar surface area (TPSA) is 85.5 Å². The number of hydrogen-bond donors (Lipinski definition) is 0. The molecular weight excluding hydrogens is 430 g/mol. The Bertz CT molecular complexity index is 1430. The van der Waals surface area contributed by atoms with E-state index in [4.69, 9.17) is 9.15 Å². The standard InChI is InChI=1S/C27H25N3O4/c1-16(2)10-13-33-19-7-4-6-18(15-19)23-22-24(31)20-14-17(3)8-9-21(20)34-25(22)26(32)30(23)27-28-11-5-12-29-27/h4-9,11-12,14-16,23H,10,13H2,1-3H3. The zero-order chi connectivity index (χ0) is 23.8. The molecule has 7 heteroatoms. The zero-order valence-electron chi connectivity index (χ0n) is 19.3. The molecule has 0 aliphatic carbocycles. The summed E-state index contributed by atoms with van der Waals surface area (Å²) < 4.78 is 12.0. The van der Waals surface area contributed by atoms with Crippen molar-refractivity contribution in [3.8, 4) is 5.75 Å². The maximum atomic E-state index is 13.7. The lowest BCUT2D eigenvalue weighted by atomic mass is 9.98. The van der Waals surface area contributed by atoms with Gasteiger partial charge in [-0.05, 0) is 55.2 Å². The zero-order valence-corrected chi connectivity index (χ0v) is 19.3. The van der Waals surface area contributed by atoms with E-state index in [1.165, 1.54) is 4.90 Å². The average molecular weight is 456 g/mol. The number of aryl methyl sites for hydroxylation is 1. The summed E-state index contributed by atoms with van der Waals surface area (Å²) in [6, 6.07) is 13.8. The van der Waals surface area contributed by atoms with Gasteiger partial charge >= 0.3 is 0 Å². The van der Waals surface area contributed by atoms with Gasteiger partial charge in [-0.1, -0.05) is 37.6 Å². The van der Waals surface area contributed by atoms with Crippen molar-refractivity contribution in [3.63, 3.8) is 0 Å². The smallest absolute Gasteiger partial charge is 0.297 e. The second-order valence-corrected chi connectivity index (χ2v) is 8.90. The molecule has 1 unspecified atom stereocenters. The Morgan fingerprint density at radius 2 is 1.85 bits per heavy atom. The van der Waals surface area contributed by atoms with Gasteiger partial charge in [-0.15, -0.1) is 0 Å². The Kier molecular flexibility index (Phi) is 5.61. The maximum absolute atomic E-state index is 13.7. The number of rotatable bonds is 6. The van der Waals surface area contributed by atoms with Crippen LogP contribution in [0.3, 0.4) is 0 Å². The first-order valence-electron chi connectivity index (χ1n) is 11.3. The monoisotopic (exact) mass is 455 g/mol. The van der Waals surface area contributed by atoms with E-state index in [-0.39, 0.29) is 22.7 Å². The van der Waals surface area contributed by atoms with Crippen LogP contribution in [0.4, 0.5) is 5.95 Å². The molecule has 2 aromatic carbocycles. The first-order valence-corrected chi connectivity index (χ1v) is 11.3. The van der Waals surface area contributed by atoms with Crippen molar-refractivity contribution >= 4 is 22.8 Å². The van der Waals surface area contributed by atoms with Gasteiger partial charge in [0.1, 0.15) is 11.3 Å². The highest BCUT2D eigenvalue weighted by Gasteiger charge is 2.45. The van der Waals surface area contributed by atoms with Gasteiger partial charge in [0.15, 0.2) is 5.43 Å². The van der Waals surface area contributed by atoms with E-state index < -0.39 is 11.9 Å². The quantitative estimate of drug-likeness (QED) is 0.404. The van der Waals surface area contributed by atoms with Crippen LogP contribution in [-0.2, 0) is 0 Å². The normalized spacial score (nSPS) is 15.2. The molecule has 0 fully saturated rings. The number of nitrogens with zero attached hydrogens (tertiary/aromatic N) is 3. The van der Waals surface area contributed by atoms with Crippen molar-refractivity contribution in [2.24, 2.45) is 5.92 Å². The van der Waals surface area contributed by atoms with Crippen molar-refractivity contribution in [3.05, 3.63) is 93.6 Å². The highest BCUT2D eigenvalue weighted by Crippen LogP contribution is 2.40. The molecule has 0 saturated carbocycles. The SMILES string of the molecule is Cc1ccc2oc3c(c(=O)c2c1)C(c1cccc(OCCC(C)C)c1)N(c1ncccn1)C3=O. The van der Waals surface area contributed by atoms with Crippen LogP contribution < -0.4 is 15.1 Å². The Labute approximate surface area is 197 Å². The second kappa shape index (κ2) is 8.74. The Balaban J connectivity index is 1.68. The van der Waals surface area contributed by atoms with Crippen LogP contribution in [0, 0.1) is 12.8 Å². The van der Waals surface area contributed by atoms with Gasteiger partial charge in [0.2, 0.25) is 11.7 Å². The fraction of sp³-hybridized carbons (Fsp3) is 0.259. The van der Waals surface area contributed by atoms with E-state index in [0.717, 1.165) is 17.5 Å². The Morgan fingerprint density at radius 1 is 1.06 bits per heavy atom. The molecule has 0 bridgehead atoms. The number of benzene rings is 2. The predicted octanol–water partition coefficient (Wildman–Crippen LogP) is 5.07. The molecule has 1 amide bonds. The molecule has 172 valence electrons. The van der Waals surface area contributed by atoms with Crippen molar-refractivity contribution in [2.75, 3.05) is 11.5 Å². The Hall–Kier alpha value is -4.00. The van der Waals surface area contributed by atoms with Crippen LogP contribution in [-0.4, -0.2) is 22.5 Å². The number of ether oxygens (including phenoxy) is 1. The van der Waals surface area contributed by atoms with Crippen LogP contribution in [0.15, 0.2) is 70.1 Å². The molecule has 2 aromatic heterocycles. The van der Waals surface area contributed by atoms with Gasteiger partial charge in [-0.25, -0.2) is 9.97 Å². The lowest BCUT2D eigenvalue weighted by Crippen LogP contribution is -2.31. The number of anilines is 1. The van der Waals surface area contributed by atoms with E-state index in [1.54, 1.807) is 30.6 Å². The summed E-state index contributed by atoms with van der Waals surface area (Å²) in [6.45, 7) is 6.78. The molecule has 0 saturated heterocycles. The van der Waals surface area contributed by atoms with E-state index in [0.29, 0.717) is 29.2 Å². The van der Waals surface area contributed by atoms with Crippen LogP contribution in [0.25, 0.3) is 11.0 Å². The maximum Gasteiger partial charge on any atom is 0.297 e. The molecule has 0 spiro atoms. The lowest BCUT2D eigenvalue weighted by molar-refractivity contribution is 0.0969. The molecule has 3 heterocycles. The number of carbonyl (C=O) groups excluding carboxylic acids is 1. The highest BCUT2D eigenvalue weighted by atomic mass is 16.5. The molecular formula is C27H25N3O4. The molecule has 4 aromatic rings. The minimum absolute atomic E-state index is 0.0185. The minimum Gasteiger partial charge on any atom is -0.494 e. The Morgan fingerprint density at radius 3 is 2.62 bits per heavy atom. The summed E-state index contributed by atoms with van der Waals surface area (Å²) >= 11 is 0. The van der Waals surface area contributed by atoms with Gasteiger partial charge in [-0.3, -0.25) is 14.5 Å². The van der Waals surface area contributed by atoms with Gasteiger partial charge in [0, 0.05) is 12.4 Å². The minimum atomic E-state index is -0.736. The van der Waals surface area contributed by atoms with Crippen LogP contribution >= 0.6 is 0 Å². The molecule has 5 rings (SSSR count). The van der Waals surface area contributed by atoms with Gasteiger partial charge in [-0.2, -0.15) is 0 Å². The summed E-state index contributed by atoms with van der Waals surface area (Å²) in [7, 11) is 0. The molecule has 34 heavy (non-hydrogen) atoms. The van der Waals surface area contributed by atoms with E-state index in [9.17, 15) is 9.59 Å². The largest absolute Gasteiger partial charge is 0.494 e. The summed E-state index contributed by atoms with van der Waals surface area (Å²) in [5, 5.41) is 0.441. The second-order valence-electron chi connectivity index (χ2n) is 8.90. The summed E-state index contributed by atoms with van der Waals surface area (Å²) in [5.41, 5.74) is 2.09. The summed E-state index contributed by atoms with van der Waals surface area (Å²) in [6.07, 6.45) is 4.06. The first kappa shape index (κ1) is 21.8. The molecule has 0 N–H and O–H groups in total. The van der Waals surface area contributed by atoms with Gasteiger partial charge in [0.25, 0.3) is 5.91 Å². The number of aromatic nitrogens is 2. The van der Waals surface area contributed by atoms with Crippen LogP contribution in [0.2, 0.25) is 0 Å². The summed E-state index contributed by atoms with van der Waals surface area (Å²) in [5.74, 6) is 0.972. The number of fused-ring (bicyclic) bond motifs is 2. The third-order valence-electron chi connectivity index (χ3n) is 5.93. The van der Waals surface area contributed by atoms with E-state index >= 15 is 0 Å². The molecule has 1 aliphatic rings. The number of amides is 1. The van der Waals surface area contributed by atoms with Crippen LogP contribution in [0.1, 0.15) is 53.6 Å². The molecule has 7 nitrogen and oxygen atoms in total. The lowest BCUT2D eigenvalue weighted by Gasteiger charge is -2.23. The third-order valence-corrected chi connectivity index (χ3v) is 5.93. The van der Waals surface area contributed by atoms with Crippen molar-refractivity contribution < 1.29 is 13.9 Å². The van der Waals surface area contributed by atoms with Crippen molar-refractivity contribution in [2.45, 2.75) is 33.2 Å². The molecule has 1 atom stereocenters. The first-order chi connectivity index (χ1) is 16.4. The highest BCUT2D eigenvalue weighted by molar-refractivity contribution is 6.09. The van der Waals surface area contributed by atoms with Crippen molar-refractivity contribution in [1.82, 2.24) is 9.97 Å². The van der Waals surface area contributed by atoms with E-state index in [2.05, 4.69) is 23.8 Å². The fourth-order valence-electron chi connectivity index (χ4n) is 4.21. The van der Waals surface area contributed by atoms with Gasteiger partial charge in [0.05, 0.1) is 23.6 Å². The average Bonchev–Trinajstić information content (AvgIpc) is 3.13. The fourth-order valence-corrected chi connectivity index (χ4v) is 4.21. The van der Waals surface area contributed by atoms with Crippen molar-refractivity contribution in [1.29, 1.82) is 0 Å². The predicted molar refractivity (Wildman–Crippen MR) is 129 cm³/mol. The number of carbonyl (C=O) groups is 1. The van der Waals surface area contributed by atoms with E-state index in [1.807, 2.05) is 37.3 Å². The van der Waals surface area contributed by atoms with Crippen LogP contribution in [0.5, 0.6) is 5.75 Å². The third kappa shape index (κ3) is 3.83. The van der Waals surface area contributed by atoms with Gasteiger partial charge < -0.3 is 9.15 Å². The summed E-state index contributed by atoms with van der Waals surface area (Å²) in [4.78, 5) is 37.3. The molecule has 0 radical (unpaired) electrons. The molecule has 1 aliphatic heterocycles.